The van der Waals surface area contributed by atoms with Crippen LogP contribution in [0.1, 0.15) is 10.4 Å². The number of fused-ring (bicyclic) bond motifs is 1. The Bertz CT molecular complexity index is 556. The number of carbonyl (C=O) groups is 1. The summed E-state index contributed by atoms with van der Waals surface area (Å²) in [5.74, 6) is -2.06. The fourth-order valence-electron chi connectivity index (χ4n) is 1.40. The van der Waals surface area contributed by atoms with E-state index in [0.29, 0.717) is 9.99 Å². The minimum Gasteiger partial charge on any atom is -0.478 e. The van der Waals surface area contributed by atoms with Crippen LogP contribution >= 0.6 is 15.9 Å². The largest absolute Gasteiger partial charge is 0.478 e. The number of pyridine rings is 1. The summed E-state index contributed by atoms with van der Waals surface area (Å²) in [6.45, 7) is 0. The number of hydrogen-bond acceptors (Lipinski definition) is 2. The third kappa shape index (κ3) is 1.59. The SMILES string of the molecule is O=C(O)c1c(F)cc(Br)c2ncccc12. The molecule has 0 saturated heterocycles. The first-order chi connectivity index (χ1) is 7.11. The second-order valence-electron chi connectivity index (χ2n) is 2.92. The van der Waals surface area contributed by atoms with Gasteiger partial charge in [-0.25, -0.2) is 9.18 Å². The third-order valence-corrected chi connectivity index (χ3v) is 2.61. The molecule has 0 atom stereocenters. The molecule has 0 spiro atoms. The molecule has 0 fully saturated rings. The molecule has 15 heavy (non-hydrogen) atoms. The molecule has 2 rings (SSSR count). The van der Waals surface area contributed by atoms with Gasteiger partial charge >= 0.3 is 5.97 Å². The number of benzene rings is 1. The van der Waals surface area contributed by atoms with Gasteiger partial charge in [0.2, 0.25) is 0 Å². The Hall–Kier alpha value is -1.49. The minimum atomic E-state index is -1.29. The molecule has 1 aromatic heterocycles. The van der Waals surface area contributed by atoms with Crippen molar-refractivity contribution in [2.24, 2.45) is 0 Å². The molecule has 0 bridgehead atoms. The van der Waals surface area contributed by atoms with Crippen LogP contribution in [-0.4, -0.2) is 16.1 Å². The Morgan fingerprint density at radius 3 is 2.93 bits per heavy atom. The Balaban J connectivity index is 2.96. The Morgan fingerprint density at radius 2 is 2.27 bits per heavy atom. The van der Waals surface area contributed by atoms with E-state index in [0.717, 1.165) is 6.07 Å². The fraction of sp³-hybridized carbons (Fsp3) is 0. The van der Waals surface area contributed by atoms with Crippen LogP contribution in [0.2, 0.25) is 0 Å². The van der Waals surface area contributed by atoms with Crippen LogP contribution in [0.4, 0.5) is 4.39 Å². The van der Waals surface area contributed by atoms with Crippen molar-refractivity contribution in [1.82, 2.24) is 4.98 Å². The van der Waals surface area contributed by atoms with Crippen LogP contribution in [0, 0.1) is 5.82 Å². The number of hydrogen-bond donors (Lipinski definition) is 1. The van der Waals surface area contributed by atoms with Gasteiger partial charge in [0.05, 0.1) is 5.52 Å². The molecule has 1 N–H and O–H groups in total. The normalized spacial score (nSPS) is 10.5. The number of halogens is 2. The highest BCUT2D eigenvalue weighted by molar-refractivity contribution is 9.10. The average Bonchev–Trinajstić information content (AvgIpc) is 2.17. The molecule has 0 unspecified atom stereocenters. The van der Waals surface area contributed by atoms with Gasteiger partial charge in [0.25, 0.3) is 0 Å². The number of aromatic carboxylic acids is 1. The summed E-state index contributed by atoms with van der Waals surface area (Å²) in [7, 11) is 0. The van der Waals surface area contributed by atoms with Gasteiger partial charge in [-0.15, -0.1) is 0 Å². The second kappa shape index (κ2) is 3.58. The zero-order chi connectivity index (χ0) is 11.0. The molecule has 5 heteroatoms. The second-order valence-corrected chi connectivity index (χ2v) is 3.77. The van der Waals surface area contributed by atoms with Crippen molar-refractivity contribution in [2.45, 2.75) is 0 Å². The molecule has 0 aliphatic rings. The van der Waals surface area contributed by atoms with Gasteiger partial charge in [0.15, 0.2) is 0 Å². The maximum absolute atomic E-state index is 13.4. The maximum Gasteiger partial charge on any atom is 0.339 e. The number of carboxylic acid groups (broad SMARTS) is 1. The van der Waals surface area contributed by atoms with Crippen LogP contribution in [0.3, 0.4) is 0 Å². The summed E-state index contributed by atoms with van der Waals surface area (Å²) in [5.41, 5.74) is 0.0950. The standard InChI is InChI=1S/C10H5BrFNO2/c11-6-4-7(12)8(10(14)15)5-2-1-3-13-9(5)6/h1-4H,(H,14,15). The summed E-state index contributed by atoms with van der Waals surface area (Å²) >= 11 is 3.14. The lowest BCUT2D eigenvalue weighted by Gasteiger charge is -2.04. The first-order valence-electron chi connectivity index (χ1n) is 4.07. The maximum atomic E-state index is 13.4. The average molecular weight is 270 g/mol. The summed E-state index contributed by atoms with van der Waals surface area (Å²) in [6.07, 6.45) is 1.52. The Kier molecular flexibility index (Phi) is 2.40. The predicted molar refractivity (Wildman–Crippen MR) is 56.4 cm³/mol. The first-order valence-corrected chi connectivity index (χ1v) is 4.86. The first kappa shape index (κ1) is 10.0. The Morgan fingerprint density at radius 1 is 1.53 bits per heavy atom. The highest BCUT2D eigenvalue weighted by Crippen LogP contribution is 2.27. The lowest BCUT2D eigenvalue weighted by molar-refractivity contribution is 0.0694. The van der Waals surface area contributed by atoms with E-state index in [1.54, 1.807) is 6.07 Å². The van der Waals surface area contributed by atoms with Gasteiger partial charge < -0.3 is 5.11 Å². The summed E-state index contributed by atoms with van der Waals surface area (Å²) in [5, 5.41) is 9.16. The van der Waals surface area contributed by atoms with E-state index in [1.807, 2.05) is 0 Å². The highest BCUT2D eigenvalue weighted by atomic mass is 79.9. The van der Waals surface area contributed by atoms with Gasteiger partial charge in [-0.05, 0) is 28.1 Å². The number of nitrogens with zero attached hydrogens (tertiary/aromatic N) is 1. The van der Waals surface area contributed by atoms with Gasteiger partial charge in [0, 0.05) is 16.1 Å². The van der Waals surface area contributed by atoms with Gasteiger partial charge in [-0.2, -0.15) is 0 Å². The van der Waals surface area contributed by atoms with Crippen molar-refractivity contribution in [2.75, 3.05) is 0 Å². The van der Waals surface area contributed by atoms with E-state index in [1.165, 1.54) is 12.3 Å². The van der Waals surface area contributed by atoms with E-state index >= 15 is 0 Å². The van der Waals surface area contributed by atoms with E-state index in [2.05, 4.69) is 20.9 Å². The van der Waals surface area contributed by atoms with E-state index in [9.17, 15) is 9.18 Å². The van der Waals surface area contributed by atoms with Crippen molar-refractivity contribution in [3.8, 4) is 0 Å². The van der Waals surface area contributed by atoms with Gasteiger partial charge in [-0.3, -0.25) is 4.98 Å². The smallest absolute Gasteiger partial charge is 0.339 e. The number of rotatable bonds is 1. The lowest BCUT2D eigenvalue weighted by atomic mass is 10.1. The van der Waals surface area contributed by atoms with Crippen molar-refractivity contribution in [3.63, 3.8) is 0 Å². The molecule has 1 heterocycles. The van der Waals surface area contributed by atoms with E-state index in [4.69, 9.17) is 5.11 Å². The van der Waals surface area contributed by atoms with E-state index in [-0.39, 0.29) is 10.9 Å². The van der Waals surface area contributed by atoms with Crippen LogP contribution in [0.5, 0.6) is 0 Å². The molecule has 0 radical (unpaired) electrons. The third-order valence-electron chi connectivity index (χ3n) is 2.01. The molecular formula is C10H5BrFNO2. The molecule has 0 aliphatic carbocycles. The van der Waals surface area contributed by atoms with Crippen LogP contribution in [0.25, 0.3) is 10.9 Å². The van der Waals surface area contributed by atoms with Crippen LogP contribution in [0.15, 0.2) is 28.9 Å². The minimum absolute atomic E-state index is 0.289. The summed E-state index contributed by atoms with van der Waals surface area (Å²) in [4.78, 5) is 14.9. The summed E-state index contributed by atoms with van der Waals surface area (Å²) in [6, 6.07) is 4.21. The zero-order valence-corrected chi connectivity index (χ0v) is 8.95. The van der Waals surface area contributed by atoms with Crippen LogP contribution in [-0.2, 0) is 0 Å². The van der Waals surface area contributed by atoms with Gasteiger partial charge in [-0.1, -0.05) is 6.07 Å². The number of aromatic nitrogens is 1. The molecule has 1 aromatic carbocycles. The fourth-order valence-corrected chi connectivity index (χ4v) is 1.91. The highest BCUT2D eigenvalue weighted by Gasteiger charge is 2.17. The van der Waals surface area contributed by atoms with Crippen molar-refractivity contribution < 1.29 is 14.3 Å². The molecule has 0 amide bonds. The molecular weight excluding hydrogens is 265 g/mol. The van der Waals surface area contributed by atoms with Crippen molar-refractivity contribution in [1.29, 1.82) is 0 Å². The topological polar surface area (TPSA) is 50.2 Å². The lowest BCUT2D eigenvalue weighted by Crippen LogP contribution is -2.02. The summed E-state index contributed by atoms with van der Waals surface area (Å²) < 4.78 is 13.8. The molecule has 0 saturated carbocycles. The zero-order valence-electron chi connectivity index (χ0n) is 7.37. The quantitative estimate of drug-likeness (QED) is 0.866. The monoisotopic (exact) mass is 269 g/mol. The Labute approximate surface area is 92.7 Å². The predicted octanol–water partition coefficient (Wildman–Crippen LogP) is 2.83. The molecule has 76 valence electrons. The van der Waals surface area contributed by atoms with Crippen LogP contribution < -0.4 is 0 Å². The van der Waals surface area contributed by atoms with E-state index < -0.39 is 11.8 Å². The molecule has 2 aromatic rings. The number of carboxylic acids is 1. The molecule has 3 nitrogen and oxygen atoms in total. The molecule has 0 aliphatic heterocycles. The van der Waals surface area contributed by atoms with Crippen molar-refractivity contribution >= 4 is 32.8 Å². The van der Waals surface area contributed by atoms with Crippen molar-refractivity contribution in [3.05, 3.63) is 40.2 Å². The van der Waals surface area contributed by atoms with Gasteiger partial charge in [0.1, 0.15) is 11.4 Å².